The molecule has 1 amide bonds. The van der Waals surface area contributed by atoms with Crippen molar-refractivity contribution < 1.29 is 17.6 Å². The van der Waals surface area contributed by atoms with Gasteiger partial charge in [0.05, 0.1) is 15.1 Å². The standard InChI is InChI=1S/C20H22FN3O3S2.ClH/c1-23(2)10-5-11-24(20-22-17-9-8-15(21)13-18(17)28-20)19(25)14-6-4-7-16(12-14)29(3,26)27;/h4,6-9,12-13H,5,10-11H2,1-3H3;1H. The highest BCUT2D eigenvalue weighted by molar-refractivity contribution is 7.90. The summed E-state index contributed by atoms with van der Waals surface area (Å²) in [6.45, 7) is 1.18. The molecule has 0 saturated carbocycles. The van der Waals surface area contributed by atoms with Crippen molar-refractivity contribution in [2.24, 2.45) is 0 Å². The number of aromatic nitrogens is 1. The third kappa shape index (κ3) is 5.75. The number of amides is 1. The monoisotopic (exact) mass is 471 g/mol. The van der Waals surface area contributed by atoms with Crippen LogP contribution in [0.1, 0.15) is 16.8 Å². The van der Waals surface area contributed by atoms with Crippen LogP contribution in [-0.4, -0.2) is 57.6 Å². The third-order valence-corrected chi connectivity index (χ3v) is 6.46. The minimum atomic E-state index is -3.43. The van der Waals surface area contributed by atoms with Crippen LogP contribution in [-0.2, 0) is 9.84 Å². The fourth-order valence-corrected chi connectivity index (χ4v) is 4.53. The number of carbonyl (C=O) groups excluding carboxylic acids is 1. The number of halogens is 2. The van der Waals surface area contributed by atoms with E-state index in [1.807, 2.05) is 19.0 Å². The van der Waals surface area contributed by atoms with Gasteiger partial charge in [0.2, 0.25) is 0 Å². The zero-order chi connectivity index (χ0) is 21.2. The fraction of sp³-hybridized carbons (Fsp3) is 0.300. The molecular formula is C20H23ClFN3O3S2. The van der Waals surface area contributed by atoms with Gasteiger partial charge in [-0.1, -0.05) is 17.4 Å². The quantitative estimate of drug-likeness (QED) is 0.523. The topological polar surface area (TPSA) is 70.6 Å². The Hall–Kier alpha value is -2.07. The lowest BCUT2D eigenvalue weighted by atomic mass is 10.2. The van der Waals surface area contributed by atoms with E-state index in [4.69, 9.17) is 0 Å². The second-order valence-corrected chi connectivity index (χ2v) is 10.0. The molecule has 0 saturated heterocycles. The van der Waals surface area contributed by atoms with E-state index in [2.05, 4.69) is 4.98 Å². The van der Waals surface area contributed by atoms with Crippen molar-refractivity contribution in [3.63, 3.8) is 0 Å². The molecule has 30 heavy (non-hydrogen) atoms. The Balaban J connectivity index is 0.00000320. The van der Waals surface area contributed by atoms with Crippen LogP contribution in [0.25, 0.3) is 10.2 Å². The molecule has 3 aromatic rings. The fourth-order valence-electron chi connectivity index (χ4n) is 2.85. The van der Waals surface area contributed by atoms with Crippen molar-refractivity contribution in [2.45, 2.75) is 11.3 Å². The summed E-state index contributed by atoms with van der Waals surface area (Å²) in [5, 5.41) is 0.458. The highest BCUT2D eigenvalue weighted by Gasteiger charge is 2.22. The summed E-state index contributed by atoms with van der Waals surface area (Å²) in [7, 11) is 0.459. The molecule has 0 N–H and O–H groups in total. The van der Waals surface area contributed by atoms with Crippen LogP contribution in [0.4, 0.5) is 9.52 Å². The zero-order valence-electron chi connectivity index (χ0n) is 16.8. The lowest BCUT2D eigenvalue weighted by molar-refractivity contribution is 0.0986. The molecule has 1 heterocycles. The zero-order valence-corrected chi connectivity index (χ0v) is 19.3. The third-order valence-electron chi connectivity index (χ3n) is 4.31. The van der Waals surface area contributed by atoms with Crippen molar-refractivity contribution in [3.05, 3.63) is 53.8 Å². The normalized spacial score (nSPS) is 11.5. The molecule has 1 aromatic heterocycles. The highest BCUT2D eigenvalue weighted by atomic mass is 35.5. The van der Waals surface area contributed by atoms with Gasteiger partial charge < -0.3 is 4.90 Å². The van der Waals surface area contributed by atoms with Gasteiger partial charge in [-0.3, -0.25) is 9.69 Å². The molecule has 0 atom stereocenters. The van der Waals surface area contributed by atoms with Crippen molar-refractivity contribution >= 4 is 54.8 Å². The molecule has 0 bridgehead atoms. The van der Waals surface area contributed by atoms with Crippen LogP contribution < -0.4 is 4.90 Å². The molecule has 2 aromatic carbocycles. The lowest BCUT2D eigenvalue weighted by Crippen LogP contribution is -2.33. The Kier molecular flexibility index (Phi) is 7.93. The summed E-state index contributed by atoms with van der Waals surface area (Å²) in [5.74, 6) is -0.701. The second kappa shape index (κ2) is 9.82. The predicted octanol–water partition coefficient (Wildman–Crippen LogP) is 3.86. The number of rotatable bonds is 7. The summed E-state index contributed by atoms with van der Waals surface area (Å²) in [5.41, 5.74) is 0.880. The molecule has 0 fully saturated rings. The van der Waals surface area contributed by atoms with Gasteiger partial charge in [-0.15, -0.1) is 12.4 Å². The number of thiazole rings is 1. The van der Waals surface area contributed by atoms with Gasteiger partial charge in [-0.05, 0) is 63.5 Å². The van der Waals surface area contributed by atoms with Crippen LogP contribution in [0, 0.1) is 5.82 Å². The van der Waals surface area contributed by atoms with Crippen LogP contribution in [0.2, 0.25) is 0 Å². The summed E-state index contributed by atoms with van der Waals surface area (Å²) in [6, 6.07) is 10.3. The van der Waals surface area contributed by atoms with E-state index in [-0.39, 0.29) is 34.6 Å². The number of hydrogen-bond acceptors (Lipinski definition) is 6. The maximum absolute atomic E-state index is 13.6. The number of hydrogen-bond donors (Lipinski definition) is 0. The first-order valence-electron chi connectivity index (χ1n) is 8.98. The van der Waals surface area contributed by atoms with E-state index in [0.717, 1.165) is 12.8 Å². The van der Waals surface area contributed by atoms with Crippen LogP contribution in [0.3, 0.4) is 0 Å². The molecule has 0 unspecified atom stereocenters. The maximum Gasteiger partial charge on any atom is 0.260 e. The minimum Gasteiger partial charge on any atom is -0.309 e. The number of anilines is 1. The van der Waals surface area contributed by atoms with E-state index in [1.165, 1.54) is 40.5 Å². The summed E-state index contributed by atoms with van der Waals surface area (Å²) < 4.78 is 37.9. The van der Waals surface area contributed by atoms with E-state index in [1.54, 1.807) is 18.2 Å². The van der Waals surface area contributed by atoms with E-state index >= 15 is 0 Å². The minimum absolute atomic E-state index is 0. The average Bonchev–Trinajstić information content (AvgIpc) is 3.06. The molecule has 0 radical (unpaired) electrons. The molecule has 162 valence electrons. The Morgan fingerprint density at radius 1 is 1.13 bits per heavy atom. The number of nitrogens with zero attached hydrogens (tertiary/aromatic N) is 3. The van der Waals surface area contributed by atoms with Crippen molar-refractivity contribution in [3.8, 4) is 0 Å². The SMILES string of the molecule is CN(C)CCCN(C(=O)c1cccc(S(C)(=O)=O)c1)c1nc2ccc(F)cc2s1.Cl. The average molecular weight is 472 g/mol. The van der Waals surface area contributed by atoms with Crippen LogP contribution in [0.15, 0.2) is 47.4 Å². The predicted molar refractivity (Wildman–Crippen MR) is 121 cm³/mol. The van der Waals surface area contributed by atoms with E-state index in [9.17, 15) is 17.6 Å². The first kappa shape index (κ1) is 24.2. The molecule has 0 aliphatic rings. The highest BCUT2D eigenvalue weighted by Crippen LogP contribution is 2.30. The largest absolute Gasteiger partial charge is 0.309 e. The van der Waals surface area contributed by atoms with Gasteiger partial charge >= 0.3 is 0 Å². The first-order valence-corrected chi connectivity index (χ1v) is 11.7. The smallest absolute Gasteiger partial charge is 0.260 e. The van der Waals surface area contributed by atoms with Gasteiger partial charge in [0.1, 0.15) is 5.82 Å². The summed E-state index contributed by atoms with van der Waals surface area (Å²) in [6.07, 6.45) is 1.81. The van der Waals surface area contributed by atoms with Gasteiger partial charge in [-0.2, -0.15) is 0 Å². The number of sulfone groups is 1. The van der Waals surface area contributed by atoms with Crippen molar-refractivity contribution in [1.82, 2.24) is 9.88 Å². The van der Waals surface area contributed by atoms with Crippen LogP contribution in [0.5, 0.6) is 0 Å². The van der Waals surface area contributed by atoms with Gasteiger partial charge in [0, 0.05) is 18.4 Å². The van der Waals surface area contributed by atoms with E-state index in [0.29, 0.717) is 28.3 Å². The molecule has 0 aliphatic carbocycles. The number of fused-ring (bicyclic) bond motifs is 1. The summed E-state index contributed by atoms with van der Waals surface area (Å²) >= 11 is 1.23. The summed E-state index contributed by atoms with van der Waals surface area (Å²) in [4.78, 5) is 21.4. The van der Waals surface area contributed by atoms with Crippen molar-refractivity contribution in [1.29, 1.82) is 0 Å². The molecule has 0 spiro atoms. The lowest BCUT2D eigenvalue weighted by Gasteiger charge is -2.21. The number of carbonyl (C=O) groups is 1. The second-order valence-electron chi connectivity index (χ2n) is 7.02. The van der Waals surface area contributed by atoms with Gasteiger partial charge in [-0.25, -0.2) is 17.8 Å². The molecule has 10 heteroatoms. The molecular weight excluding hydrogens is 449 g/mol. The van der Waals surface area contributed by atoms with Crippen LogP contribution >= 0.6 is 23.7 Å². The molecule has 6 nitrogen and oxygen atoms in total. The van der Waals surface area contributed by atoms with Gasteiger partial charge in [0.25, 0.3) is 5.91 Å². The van der Waals surface area contributed by atoms with Gasteiger partial charge in [0.15, 0.2) is 15.0 Å². The Morgan fingerprint density at radius 2 is 1.87 bits per heavy atom. The first-order chi connectivity index (χ1) is 13.6. The number of benzene rings is 2. The molecule has 0 aliphatic heterocycles. The Labute approximate surface area is 185 Å². The molecule has 3 rings (SSSR count). The maximum atomic E-state index is 13.6. The Morgan fingerprint density at radius 3 is 2.53 bits per heavy atom. The Bertz CT molecular complexity index is 1150. The van der Waals surface area contributed by atoms with E-state index < -0.39 is 9.84 Å². The van der Waals surface area contributed by atoms with Crippen molar-refractivity contribution in [2.75, 3.05) is 38.3 Å².